The summed E-state index contributed by atoms with van der Waals surface area (Å²) in [5, 5.41) is 0.951. The number of fused-ring (bicyclic) bond motifs is 3. The van der Waals surface area contributed by atoms with Gasteiger partial charge in [-0.1, -0.05) is 50.9 Å². The Labute approximate surface area is 150 Å². The second-order valence-electron chi connectivity index (χ2n) is 8.42. The fourth-order valence-electron chi connectivity index (χ4n) is 5.46. The monoisotopic (exact) mass is 348 g/mol. The lowest BCUT2D eigenvalue weighted by Crippen LogP contribution is -2.52. The molecular formula is C21H29ClO2. The third-order valence-corrected chi connectivity index (χ3v) is 7.22. The Morgan fingerprint density at radius 1 is 1.29 bits per heavy atom. The molecule has 0 amide bonds. The standard InChI is InChI=1S/C21H29ClO2/c1-13(2)14-7-9-16-15(18(14)22)8-10-17-20(16,3)11-6-12-21(17,4)19(23)24-5/h7,9,13,17H,6,8,10-12H2,1-5H3/t17-,20-,21-/m1/s1. The molecule has 2 nitrogen and oxygen atoms in total. The lowest BCUT2D eigenvalue weighted by molar-refractivity contribution is -0.161. The lowest BCUT2D eigenvalue weighted by atomic mass is 9.49. The van der Waals surface area contributed by atoms with Crippen LogP contribution >= 0.6 is 11.6 Å². The maximum absolute atomic E-state index is 12.6. The first-order valence-electron chi connectivity index (χ1n) is 9.16. The predicted molar refractivity (Wildman–Crippen MR) is 98.7 cm³/mol. The van der Waals surface area contributed by atoms with Crippen molar-refractivity contribution in [2.24, 2.45) is 11.3 Å². The van der Waals surface area contributed by atoms with E-state index < -0.39 is 0 Å². The largest absolute Gasteiger partial charge is 0.469 e. The molecule has 1 saturated carbocycles. The summed E-state index contributed by atoms with van der Waals surface area (Å²) >= 11 is 6.78. The van der Waals surface area contributed by atoms with Crippen LogP contribution < -0.4 is 0 Å². The van der Waals surface area contributed by atoms with Crippen molar-refractivity contribution >= 4 is 17.6 Å². The summed E-state index contributed by atoms with van der Waals surface area (Å²) in [6.07, 6.45) is 5.07. The minimum absolute atomic E-state index is 0.00786. The molecule has 0 aliphatic heterocycles. The number of rotatable bonds is 2. The van der Waals surface area contributed by atoms with Gasteiger partial charge in [0.25, 0.3) is 0 Å². The van der Waals surface area contributed by atoms with E-state index in [4.69, 9.17) is 16.3 Å². The number of hydrogen-bond donors (Lipinski definition) is 0. The zero-order chi connectivity index (χ0) is 17.7. The number of ether oxygens (including phenoxy) is 1. The number of hydrogen-bond acceptors (Lipinski definition) is 2. The smallest absolute Gasteiger partial charge is 0.311 e. The van der Waals surface area contributed by atoms with E-state index in [-0.39, 0.29) is 16.8 Å². The Kier molecular flexibility index (Phi) is 4.49. The summed E-state index contributed by atoms with van der Waals surface area (Å²) in [4.78, 5) is 12.6. The fourth-order valence-corrected chi connectivity index (χ4v) is 5.94. The number of carbonyl (C=O) groups is 1. The van der Waals surface area contributed by atoms with Crippen LogP contribution in [0.4, 0.5) is 0 Å². The molecule has 1 aromatic rings. The Balaban J connectivity index is 2.11. The number of carbonyl (C=O) groups excluding carboxylic acids is 1. The van der Waals surface area contributed by atoms with Gasteiger partial charge in [-0.25, -0.2) is 0 Å². The van der Waals surface area contributed by atoms with Gasteiger partial charge in [-0.3, -0.25) is 4.79 Å². The highest BCUT2D eigenvalue weighted by atomic mass is 35.5. The van der Waals surface area contributed by atoms with Crippen LogP contribution in [0.1, 0.15) is 76.0 Å². The molecule has 3 heteroatoms. The zero-order valence-electron chi connectivity index (χ0n) is 15.5. The maximum Gasteiger partial charge on any atom is 0.311 e. The summed E-state index contributed by atoms with van der Waals surface area (Å²) in [5.41, 5.74) is 3.54. The van der Waals surface area contributed by atoms with Crippen molar-refractivity contribution in [3.63, 3.8) is 0 Å². The van der Waals surface area contributed by atoms with E-state index in [0.29, 0.717) is 11.8 Å². The molecule has 3 rings (SSSR count). The molecule has 132 valence electrons. The highest BCUT2D eigenvalue weighted by Gasteiger charge is 2.55. The topological polar surface area (TPSA) is 26.3 Å². The minimum atomic E-state index is -0.386. The van der Waals surface area contributed by atoms with Gasteiger partial charge in [0.2, 0.25) is 0 Å². The van der Waals surface area contributed by atoms with E-state index in [2.05, 4.69) is 39.8 Å². The quantitative estimate of drug-likeness (QED) is 0.646. The SMILES string of the molecule is COC(=O)[C@]1(C)CCC[C@]2(C)c3ccc(C(C)C)c(Cl)c3CC[C@@H]12. The minimum Gasteiger partial charge on any atom is -0.469 e. The van der Waals surface area contributed by atoms with Crippen molar-refractivity contribution in [2.75, 3.05) is 7.11 Å². The van der Waals surface area contributed by atoms with Gasteiger partial charge in [0, 0.05) is 5.02 Å². The van der Waals surface area contributed by atoms with Crippen molar-refractivity contribution in [3.8, 4) is 0 Å². The van der Waals surface area contributed by atoms with Crippen molar-refractivity contribution in [2.45, 2.75) is 71.1 Å². The molecule has 0 radical (unpaired) electrons. The highest BCUT2D eigenvalue weighted by molar-refractivity contribution is 6.32. The summed E-state index contributed by atoms with van der Waals surface area (Å²) in [6, 6.07) is 4.48. The number of methoxy groups -OCH3 is 1. The molecule has 0 spiro atoms. The van der Waals surface area contributed by atoms with Gasteiger partial charge >= 0.3 is 5.97 Å². The molecule has 0 unspecified atom stereocenters. The van der Waals surface area contributed by atoms with Crippen LogP contribution in [0.15, 0.2) is 12.1 Å². The first-order chi connectivity index (χ1) is 11.3. The molecule has 0 aromatic heterocycles. The first-order valence-corrected chi connectivity index (χ1v) is 9.53. The van der Waals surface area contributed by atoms with Gasteiger partial charge in [-0.2, -0.15) is 0 Å². The van der Waals surface area contributed by atoms with Crippen LogP contribution in [0.3, 0.4) is 0 Å². The Morgan fingerprint density at radius 3 is 2.62 bits per heavy atom. The Hall–Kier alpha value is -1.02. The van der Waals surface area contributed by atoms with Crippen LogP contribution in [0.5, 0.6) is 0 Å². The van der Waals surface area contributed by atoms with Gasteiger partial charge in [0.1, 0.15) is 0 Å². The van der Waals surface area contributed by atoms with Crippen molar-refractivity contribution in [3.05, 3.63) is 33.8 Å². The fraction of sp³-hybridized carbons (Fsp3) is 0.667. The van der Waals surface area contributed by atoms with E-state index >= 15 is 0 Å². The van der Waals surface area contributed by atoms with Crippen LogP contribution in [-0.2, 0) is 21.4 Å². The van der Waals surface area contributed by atoms with E-state index in [0.717, 1.165) is 37.1 Å². The third kappa shape index (κ3) is 2.41. The Bertz CT molecular complexity index is 666. The van der Waals surface area contributed by atoms with E-state index in [1.165, 1.54) is 23.8 Å². The van der Waals surface area contributed by atoms with Gasteiger partial charge in [0.05, 0.1) is 12.5 Å². The second-order valence-corrected chi connectivity index (χ2v) is 8.80. The molecule has 1 aromatic carbocycles. The summed E-state index contributed by atoms with van der Waals surface area (Å²) < 4.78 is 5.18. The molecule has 0 heterocycles. The van der Waals surface area contributed by atoms with Crippen LogP contribution in [-0.4, -0.2) is 13.1 Å². The average Bonchev–Trinajstić information content (AvgIpc) is 2.54. The number of esters is 1. The summed E-state index contributed by atoms with van der Waals surface area (Å²) in [7, 11) is 1.52. The van der Waals surface area contributed by atoms with Crippen LogP contribution in [0, 0.1) is 11.3 Å². The van der Waals surface area contributed by atoms with Crippen molar-refractivity contribution in [1.82, 2.24) is 0 Å². The molecule has 24 heavy (non-hydrogen) atoms. The van der Waals surface area contributed by atoms with E-state index in [9.17, 15) is 4.79 Å². The zero-order valence-corrected chi connectivity index (χ0v) is 16.3. The number of benzene rings is 1. The highest BCUT2D eigenvalue weighted by Crippen LogP contribution is 2.58. The van der Waals surface area contributed by atoms with Crippen molar-refractivity contribution in [1.29, 1.82) is 0 Å². The molecule has 0 bridgehead atoms. The van der Waals surface area contributed by atoms with E-state index in [1.54, 1.807) is 0 Å². The second kappa shape index (κ2) is 6.05. The van der Waals surface area contributed by atoms with E-state index in [1.807, 2.05) is 0 Å². The Morgan fingerprint density at radius 2 is 2.00 bits per heavy atom. The molecule has 2 aliphatic rings. The van der Waals surface area contributed by atoms with Crippen molar-refractivity contribution < 1.29 is 9.53 Å². The molecular weight excluding hydrogens is 320 g/mol. The first kappa shape index (κ1) is 17.8. The third-order valence-electron chi connectivity index (χ3n) is 6.78. The van der Waals surface area contributed by atoms with Gasteiger partial charge in [-0.05, 0) is 66.5 Å². The molecule has 0 saturated heterocycles. The summed E-state index contributed by atoms with van der Waals surface area (Å²) in [5.74, 6) is 0.700. The van der Waals surface area contributed by atoms with Crippen LogP contribution in [0.25, 0.3) is 0 Å². The summed E-state index contributed by atoms with van der Waals surface area (Å²) in [6.45, 7) is 8.82. The predicted octanol–water partition coefficient (Wildman–Crippen LogP) is 5.65. The maximum atomic E-state index is 12.6. The van der Waals surface area contributed by atoms with Gasteiger partial charge < -0.3 is 4.74 Å². The lowest BCUT2D eigenvalue weighted by Gasteiger charge is -2.54. The average molecular weight is 349 g/mol. The van der Waals surface area contributed by atoms with Crippen LogP contribution in [0.2, 0.25) is 5.02 Å². The molecule has 2 aliphatic carbocycles. The van der Waals surface area contributed by atoms with Gasteiger partial charge in [-0.15, -0.1) is 0 Å². The molecule has 3 atom stereocenters. The molecule has 1 fully saturated rings. The van der Waals surface area contributed by atoms with Gasteiger partial charge in [0.15, 0.2) is 0 Å². The number of halogens is 1. The normalized spacial score (nSPS) is 32.2. The molecule has 0 N–H and O–H groups in total.